The van der Waals surface area contributed by atoms with Crippen LogP contribution in [-0.2, 0) is 6.42 Å². The average molecular weight is 186 g/mol. The quantitative estimate of drug-likeness (QED) is 0.528. The molecule has 0 amide bonds. The minimum absolute atomic E-state index is 0.975. The Labute approximate surface area is 84.2 Å². The van der Waals surface area contributed by atoms with Crippen LogP contribution < -0.4 is 0 Å². The summed E-state index contributed by atoms with van der Waals surface area (Å²) in [5.74, 6) is 1.15. The molecule has 2 nitrogen and oxygen atoms in total. The van der Waals surface area contributed by atoms with E-state index < -0.39 is 0 Å². The Morgan fingerprint density at radius 1 is 1.21 bits per heavy atom. The van der Waals surface area contributed by atoms with E-state index in [-0.39, 0.29) is 0 Å². The van der Waals surface area contributed by atoms with Crippen molar-refractivity contribution in [1.82, 2.24) is 9.55 Å². The van der Waals surface area contributed by atoms with E-state index in [2.05, 4.69) is 33.8 Å². The summed E-state index contributed by atoms with van der Waals surface area (Å²) in [5.41, 5.74) is 2.66. The molecule has 0 fully saturated rings. The van der Waals surface area contributed by atoms with Crippen LogP contribution in [0.2, 0.25) is 0 Å². The lowest BCUT2D eigenvalue weighted by molar-refractivity contribution is 0.997. The molecule has 2 heteroatoms. The standard InChI is InChI=1S/C10H8N2.C2H6/c1-2-4-9-8(3-1)7-10-11-5-6-12(9)10;1-2/h1-6H,7H2;1-2H3. The van der Waals surface area contributed by atoms with E-state index in [1.807, 2.05) is 26.2 Å². The number of rotatable bonds is 0. The van der Waals surface area contributed by atoms with Crippen molar-refractivity contribution in [1.29, 1.82) is 0 Å². The number of benzene rings is 1. The summed E-state index contributed by atoms with van der Waals surface area (Å²) in [5, 5.41) is 0. The van der Waals surface area contributed by atoms with Crippen LogP contribution in [0.1, 0.15) is 25.2 Å². The number of aromatic nitrogens is 2. The molecule has 14 heavy (non-hydrogen) atoms. The van der Waals surface area contributed by atoms with E-state index in [9.17, 15) is 0 Å². The molecule has 1 aromatic heterocycles. The van der Waals surface area contributed by atoms with E-state index in [1.54, 1.807) is 0 Å². The molecule has 0 atom stereocenters. The molecule has 1 aliphatic heterocycles. The van der Waals surface area contributed by atoms with Crippen molar-refractivity contribution < 1.29 is 0 Å². The first-order valence-corrected chi connectivity index (χ1v) is 5.06. The maximum Gasteiger partial charge on any atom is 0.117 e. The summed E-state index contributed by atoms with van der Waals surface area (Å²) in [6.45, 7) is 4.00. The fraction of sp³-hybridized carbons (Fsp3) is 0.250. The van der Waals surface area contributed by atoms with Crippen molar-refractivity contribution in [3.8, 4) is 5.69 Å². The number of imidazole rings is 1. The lowest BCUT2D eigenvalue weighted by Gasteiger charge is -1.98. The minimum Gasteiger partial charge on any atom is -0.303 e. The van der Waals surface area contributed by atoms with Crippen LogP contribution in [0.3, 0.4) is 0 Å². The maximum absolute atomic E-state index is 4.27. The molecule has 2 aromatic rings. The molecule has 0 radical (unpaired) electrons. The third kappa shape index (κ3) is 1.23. The molecule has 1 aliphatic rings. The van der Waals surface area contributed by atoms with Gasteiger partial charge in [0.1, 0.15) is 5.82 Å². The van der Waals surface area contributed by atoms with Gasteiger partial charge in [0.05, 0.1) is 5.69 Å². The van der Waals surface area contributed by atoms with Gasteiger partial charge in [-0.2, -0.15) is 0 Å². The smallest absolute Gasteiger partial charge is 0.117 e. The highest BCUT2D eigenvalue weighted by molar-refractivity contribution is 5.48. The van der Waals surface area contributed by atoms with Crippen LogP contribution >= 0.6 is 0 Å². The Balaban J connectivity index is 0.000000354. The van der Waals surface area contributed by atoms with Gasteiger partial charge in [0.2, 0.25) is 0 Å². The summed E-state index contributed by atoms with van der Waals surface area (Å²) in [7, 11) is 0. The van der Waals surface area contributed by atoms with E-state index in [0.29, 0.717) is 0 Å². The molecule has 0 spiro atoms. The summed E-state index contributed by atoms with van der Waals surface area (Å²) >= 11 is 0. The van der Waals surface area contributed by atoms with E-state index in [1.165, 1.54) is 11.3 Å². The predicted molar refractivity (Wildman–Crippen MR) is 57.7 cm³/mol. The molecule has 0 saturated heterocycles. The summed E-state index contributed by atoms with van der Waals surface area (Å²) in [6.07, 6.45) is 4.84. The Morgan fingerprint density at radius 2 is 2.00 bits per heavy atom. The molecule has 0 bridgehead atoms. The first-order valence-electron chi connectivity index (χ1n) is 5.06. The van der Waals surface area contributed by atoms with Gasteiger partial charge in [-0.3, -0.25) is 0 Å². The van der Waals surface area contributed by atoms with Crippen molar-refractivity contribution in [2.45, 2.75) is 20.3 Å². The van der Waals surface area contributed by atoms with Gasteiger partial charge in [0, 0.05) is 18.8 Å². The second kappa shape index (κ2) is 3.66. The highest BCUT2D eigenvalue weighted by atomic mass is 15.1. The molecule has 72 valence electrons. The van der Waals surface area contributed by atoms with Crippen molar-refractivity contribution in [2.24, 2.45) is 0 Å². The van der Waals surface area contributed by atoms with Crippen molar-refractivity contribution in [3.63, 3.8) is 0 Å². The Kier molecular flexibility index (Phi) is 2.35. The SMILES string of the molecule is CC.c1ccc2c(c1)Cc1nccn1-2. The van der Waals surface area contributed by atoms with Crippen LogP contribution in [0.25, 0.3) is 5.69 Å². The highest BCUT2D eigenvalue weighted by Crippen LogP contribution is 2.25. The average Bonchev–Trinajstić information content (AvgIpc) is 2.80. The third-order valence-electron chi connectivity index (χ3n) is 2.32. The van der Waals surface area contributed by atoms with Gasteiger partial charge in [-0.05, 0) is 11.6 Å². The summed E-state index contributed by atoms with van der Waals surface area (Å²) < 4.78 is 2.15. The minimum atomic E-state index is 0.975. The number of hydrogen-bond acceptors (Lipinski definition) is 1. The molecular formula is C12H14N2. The number of hydrogen-bond donors (Lipinski definition) is 0. The topological polar surface area (TPSA) is 17.8 Å². The monoisotopic (exact) mass is 186 g/mol. The molecule has 0 aliphatic carbocycles. The van der Waals surface area contributed by atoms with E-state index in [0.717, 1.165) is 12.2 Å². The zero-order chi connectivity index (χ0) is 9.97. The lowest BCUT2D eigenvalue weighted by Crippen LogP contribution is -1.88. The van der Waals surface area contributed by atoms with E-state index in [4.69, 9.17) is 0 Å². The van der Waals surface area contributed by atoms with Gasteiger partial charge in [0.15, 0.2) is 0 Å². The van der Waals surface area contributed by atoms with Gasteiger partial charge < -0.3 is 4.57 Å². The fourth-order valence-corrected chi connectivity index (χ4v) is 1.75. The van der Waals surface area contributed by atoms with Crippen LogP contribution in [-0.4, -0.2) is 9.55 Å². The van der Waals surface area contributed by atoms with Crippen LogP contribution in [0.5, 0.6) is 0 Å². The van der Waals surface area contributed by atoms with Crippen molar-refractivity contribution in [2.75, 3.05) is 0 Å². The molecular weight excluding hydrogens is 172 g/mol. The van der Waals surface area contributed by atoms with Gasteiger partial charge >= 0.3 is 0 Å². The normalized spacial score (nSPS) is 11.3. The second-order valence-corrected chi connectivity index (χ2v) is 3.02. The molecule has 3 rings (SSSR count). The summed E-state index contributed by atoms with van der Waals surface area (Å²) in [6, 6.07) is 8.43. The van der Waals surface area contributed by atoms with Gasteiger partial charge in [0.25, 0.3) is 0 Å². The molecule has 2 heterocycles. The highest BCUT2D eigenvalue weighted by Gasteiger charge is 2.16. The fourth-order valence-electron chi connectivity index (χ4n) is 1.75. The Bertz CT molecular complexity index is 429. The van der Waals surface area contributed by atoms with Gasteiger partial charge in [-0.25, -0.2) is 4.98 Å². The zero-order valence-electron chi connectivity index (χ0n) is 8.57. The van der Waals surface area contributed by atoms with Crippen LogP contribution in [0.4, 0.5) is 0 Å². The molecule has 0 unspecified atom stereocenters. The molecule has 1 aromatic carbocycles. The number of fused-ring (bicyclic) bond motifs is 3. The lowest BCUT2D eigenvalue weighted by atomic mass is 10.1. The largest absolute Gasteiger partial charge is 0.303 e. The maximum atomic E-state index is 4.27. The van der Waals surface area contributed by atoms with Gasteiger partial charge in [-0.1, -0.05) is 32.0 Å². The number of para-hydroxylation sites is 1. The zero-order valence-corrected chi connectivity index (χ0v) is 8.57. The van der Waals surface area contributed by atoms with Crippen LogP contribution in [0, 0.1) is 0 Å². The Hall–Kier alpha value is -1.57. The molecule has 0 N–H and O–H groups in total. The number of nitrogens with zero attached hydrogens (tertiary/aromatic N) is 2. The Morgan fingerprint density at radius 3 is 2.86 bits per heavy atom. The van der Waals surface area contributed by atoms with Crippen molar-refractivity contribution >= 4 is 0 Å². The molecule has 0 saturated carbocycles. The first kappa shape index (κ1) is 9.00. The van der Waals surface area contributed by atoms with E-state index >= 15 is 0 Å². The summed E-state index contributed by atoms with van der Waals surface area (Å²) in [4.78, 5) is 4.27. The second-order valence-electron chi connectivity index (χ2n) is 3.02. The predicted octanol–water partition coefficient (Wildman–Crippen LogP) is 2.80. The first-order chi connectivity index (χ1) is 6.95. The third-order valence-corrected chi connectivity index (χ3v) is 2.32. The van der Waals surface area contributed by atoms with Crippen LogP contribution in [0.15, 0.2) is 36.7 Å². The van der Waals surface area contributed by atoms with Gasteiger partial charge in [-0.15, -0.1) is 0 Å². The van der Waals surface area contributed by atoms with Crippen molar-refractivity contribution in [3.05, 3.63) is 48.0 Å².